The summed E-state index contributed by atoms with van der Waals surface area (Å²) in [6, 6.07) is 17.5. The zero-order chi connectivity index (χ0) is 20.5. The van der Waals surface area contributed by atoms with E-state index in [2.05, 4.69) is 29.7 Å². The Morgan fingerprint density at radius 1 is 1.07 bits per heavy atom. The molecule has 0 saturated heterocycles. The van der Waals surface area contributed by atoms with Gasteiger partial charge in [0.2, 0.25) is 0 Å². The molecule has 5 nitrogen and oxygen atoms in total. The first-order valence-electron chi connectivity index (χ1n) is 9.38. The van der Waals surface area contributed by atoms with Crippen LogP contribution in [0.1, 0.15) is 49.5 Å². The van der Waals surface area contributed by atoms with Gasteiger partial charge < -0.3 is 15.4 Å². The Kier molecular flexibility index (Phi) is 7.65. The highest BCUT2D eigenvalue weighted by atomic mass is 16.5. The van der Waals surface area contributed by atoms with Crippen molar-refractivity contribution in [2.75, 3.05) is 7.11 Å². The minimum absolute atomic E-state index is 0.0393. The van der Waals surface area contributed by atoms with Crippen molar-refractivity contribution in [3.63, 3.8) is 0 Å². The standard InChI is InChI=1S/C23H27N3O2/c1-5-18-6-8-20(9-7-18)17(3)26-23(27)21(14-24)15-25-16(2)19-10-12-22(28-4)13-11-19/h6-13,15-17,25H,5H2,1-4H3,(H,26,27)/b21-15-. The van der Waals surface area contributed by atoms with Gasteiger partial charge in [-0.2, -0.15) is 5.26 Å². The Bertz CT molecular complexity index is 849. The van der Waals surface area contributed by atoms with E-state index >= 15 is 0 Å². The minimum Gasteiger partial charge on any atom is -0.497 e. The molecule has 0 aliphatic heterocycles. The zero-order valence-corrected chi connectivity index (χ0v) is 16.8. The molecule has 0 heterocycles. The lowest BCUT2D eigenvalue weighted by Crippen LogP contribution is -2.28. The maximum atomic E-state index is 12.5. The molecule has 2 unspecified atom stereocenters. The van der Waals surface area contributed by atoms with E-state index in [9.17, 15) is 10.1 Å². The van der Waals surface area contributed by atoms with Gasteiger partial charge in [-0.3, -0.25) is 4.79 Å². The van der Waals surface area contributed by atoms with E-state index in [-0.39, 0.29) is 17.7 Å². The van der Waals surface area contributed by atoms with Gasteiger partial charge in [-0.1, -0.05) is 43.3 Å². The van der Waals surface area contributed by atoms with Crippen LogP contribution in [0.15, 0.2) is 60.3 Å². The van der Waals surface area contributed by atoms with E-state index in [4.69, 9.17) is 4.74 Å². The van der Waals surface area contributed by atoms with E-state index < -0.39 is 5.91 Å². The van der Waals surface area contributed by atoms with Crippen LogP contribution < -0.4 is 15.4 Å². The van der Waals surface area contributed by atoms with E-state index in [1.165, 1.54) is 11.8 Å². The summed E-state index contributed by atoms with van der Waals surface area (Å²) in [6.45, 7) is 5.97. The molecule has 0 fully saturated rings. The summed E-state index contributed by atoms with van der Waals surface area (Å²) < 4.78 is 5.15. The van der Waals surface area contributed by atoms with Crippen LogP contribution in [-0.2, 0) is 11.2 Å². The second kappa shape index (κ2) is 10.2. The highest BCUT2D eigenvalue weighted by Gasteiger charge is 2.14. The van der Waals surface area contributed by atoms with Crippen molar-refractivity contribution >= 4 is 5.91 Å². The van der Waals surface area contributed by atoms with Gasteiger partial charge in [0.15, 0.2) is 0 Å². The van der Waals surface area contributed by atoms with E-state index in [1.54, 1.807) is 7.11 Å². The Morgan fingerprint density at radius 3 is 2.18 bits per heavy atom. The number of carbonyl (C=O) groups is 1. The van der Waals surface area contributed by atoms with Gasteiger partial charge in [0, 0.05) is 12.2 Å². The number of methoxy groups -OCH3 is 1. The van der Waals surface area contributed by atoms with Crippen molar-refractivity contribution < 1.29 is 9.53 Å². The van der Waals surface area contributed by atoms with Gasteiger partial charge in [0.1, 0.15) is 17.4 Å². The van der Waals surface area contributed by atoms with Gasteiger partial charge in [-0.25, -0.2) is 0 Å². The van der Waals surface area contributed by atoms with Gasteiger partial charge in [-0.15, -0.1) is 0 Å². The molecule has 0 spiro atoms. The molecule has 0 aromatic heterocycles. The van der Waals surface area contributed by atoms with Gasteiger partial charge in [-0.05, 0) is 49.1 Å². The lowest BCUT2D eigenvalue weighted by atomic mass is 10.0. The number of amides is 1. The largest absolute Gasteiger partial charge is 0.497 e. The normalized spacial score (nSPS) is 13.2. The van der Waals surface area contributed by atoms with Crippen molar-refractivity contribution in [3.8, 4) is 11.8 Å². The number of ether oxygens (including phenoxy) is 1. The van der Waals surface area contributed by atoms with E-state index in [1.807, 2.05) is 56.3 Å². The maximum Gasteiger partial charge on any atom is 0.263 e. The summed E-state index contributed by atoms with van der Waals surface area (Å²) in [5.74, 6) is 0.383. The van der Waals surface area contributed by atoms with Crippen molar-refractivity contribution in [1.29, 1.82) is 5.26 Å². The molecular weight excluding hydrogens is 350 g/mol. The van der Waals surface area contributed by atoms with Crippen LogP contribution in [-0.4, -0.2) is 13.0 Å². The van der Waals surface area contributed by atoms with E-state index in [0.717, 1.165) is 23.3 Å². The van der Waals surface area contributed by atoms with Crippen LogP contribution in [0.25, 0.3) is 0 Å². The molecule has 0 bridgehead atoms. The first-order chi connectivity index (χ1) is 13.5. The quantitative estimate of drug-likeness (QED) is 0.534. The fourth-order valence-corrected chi connectivity index (χ4v) is 2.75. The van der Waals surface area contributed by atoms with Crippen molar-refractivity contribution in [3.05, 3.63) is 77.0 Å². The Labute approximate surface area is 167 Å². The minimum atomic E-state index is -0.399. The first-order valence-corrected chi connectivity index (χ1v) is 9.38. The molecule has 2 rings (SSSR count). The van der Waals surface area contributed by atoms with E-state index in [0.29, 0.717) is 0 Å². The topological polar surface area (TPSA) is 74.2 Å². The molecule has 5 heteroatoms. The van der Waals surface area contributed by atoms with Crippen molar-refractivity contribution in [2.24, 2.45) is 0 Å². The highest BCUT2D eigenvalue weighted by Crippen LogP contribution is 2.18. The lowest BCUT2D eigenvalue weighted by molar-refractivity contribution is -0.117. The second-order valence-corrected chi connectivity index (χ2v) is 6.62. The van der Waals surface area contributed by atoms with Crippen LogP contribution in [0.2, 0.25) is 0 Å². The molecule has 0 aliphatic rings. The number of carbonyl (C=O) groups excluding carboxylic acids is 1. The third kappa shape index (κ3) is 5.62. The predicted octanol–water partition coefficient (Wildman–Crippen LogP) is 4.19. The van der Waals surface area contributed by atoms with Crippen LogP contribution in [0.5, 0.6) is 5.75 Å². The number of nitrogens with one attached hydrogen (secondary N) is 2. The first kappa shape index (κ1) is 21.0. The van der Waals surface area contributed by atoms with Crippen molar-refractivity contribution in [2.45, 2.75) is 39.3 Å². The van der Waals surface area contributed by atoms with Gasteiger partial charge >= 0.3 is 0 Å². The number of hydrogen-bond acceptors (Lipinski definition) is 4. The molecule has 2 aromatic carbocycles. The maximum absolute atomic E-state index is 12.5. The van der Waals surface area contributed by atoms with Gasteiger partial charge in [0.25, 0.3) is 5.91 Å². The highest BCUT2D eigenvalue weighted by molar-refractivity contribution is 5.97. The Morgan fingerprint density at radius 2 is 1.64 bits per heavy atom. The summed E-state index contributed by atoms with van der Waals surface area (Å²) in [6.07, 6.45) is 2.44. The van der Waals surface area contributed by atoms with Crippen LogP contribution in [0, 0.1) is 11.3 Å². The number of rotatable bonds is 8. The fourth-order valence-electron chi connectivity index (χ4n) is 2.75. The molecule has 2 atom stereocenters. The molecular formula is C23H27N3O2. The number of nitrogens with zero attached hydrogens (tertiary/aromatic N) is 1. The van der Waals surface area contributed by atoms with Crippen LogP contribution >= 0.6 is 0 Å². The predicted molar refractivity (Wildman–Crippen MR) is 111 cm³/mol. The number of hydrogen-bond donors (Lipinski definition) is 2. The summed E-state index contributed by atoms with van der Waals surface area (Å²) in [5.41, 5.74) is 3.32. The SMILES string of the molecule is CCc1ccc(C(C)NC(=O)/C(C#N)=C\NC(C)c2ccc(OC)cc2)cc1. The third-order valence-corrected chi connectivity index (χ3v) is 4.69. The summed E-state index contributed by atoms with van der Waals surface area (Å²) in [5, 5.41) is 15.4. The number of aryl methyl sites for hydroxylation is 1. The number of nitriles is 1. The molecule has 2 N–H and O–H groups in total. The van der Waals surface area contributed by atoms with Crippen molar-refractivity contribution in [1.82, 2.24) is 10.6 Å². The summed E-state index contributed by atoms with van der Waals surface area (Å²) in [4.78, 5) is 12.5. The third-order valence-electron chi connectivity index (χ3n) is 4.69. The number of benzene rings is 2. The average molecular weight is 377 g/mol. The van der Waals surface area contributed by atoms with Crippen LogP contribution in [0.4, 0.5) is 0 Å². The molecule has 0 aliphatic carbocycles. The molecule has 0 saturated carbocycles. The fraction of sp³-hybridized carbons (Fsp3) is 0.304. The second-order valence-electron chi connectivity index (χ2n) is 6.62. The van der Waals surface area contributed by atoms with Crippen LogP contribution in [0.3, 0.4) is 0 Å². The molecule has 28 heavy (non-hydrogen) atoms. The molecule has 2 aromatic rings. The monoisotopic (exact) mass is 377 g/mol. The molecule has 1 amide bonds. The van der Waals surface area contributed by atoms with Gasteiger partial charge in [0.05, 0.1) is 13.2 Å². The Hall–Kier alpha value is -3.26. The smallest absolute Gasteiger partial charge is 0.263 e. The summed E-state index contributed by atoms with van der Waals surface area (Å²) in [7, 11) is 1.62. The lowest BCUT2D eigenvalue weighted by Gasteiger charge is -2.16. The Balaban J connectivity index is 1.99. The summed E-state index contributed by atoms with van der Waals surface area (Å²) >= 11 is 0. The molecule has 0 radical (unpaired) electrons. The molecule has 146 valence electrons. The zero-order valence-electron chi connectivity index (χ0n) is 16.8. The average Bonchev–Trinajstić information content (AvgIpc) is 2.74.